The molecule has 0 nitrogen and oxygen atoms in total. The predicted octanol–water partition coefficient (Wildman–Crippen LogP) is 5.63. The fourth-order valence-corrected chi connectivity index (χ4v) is 3.90. The van der Waals surface area contributed by atoms with E-state index in [0.717, 1.165) is 0 Å². The lowest BCUT2D eigenvalue weighted by Crippen LogP contribution is -2.22. The molecule has 0 heterocycles. The summed E-state index contributed by atoms with van der Waals surface area (Å²) in [6.07, 6.45) is 15.9. The van der Waals surface area contributed by atoms with Gasteiger partial charge in [0.25, 0.3) is 0 Å². The van der Waals surface area contributed by atoms with E-state index in [9.17, 15) is 0 Å². The van der Waals surface area contributed by atoms with E-state index in [1.165, 1.54) is 70.6 Å². The van der Waals surface area contributed by atoms with Crippen molar-refractivity contribution >= 4 is 0 Å². The number of rotatable bonds is 2. The van der Waals surface area contributed by atoms with E-state index in [2.05, 4.69) is 13.8 Å². The van der Waals surface area contributed by atoms with Gasteiger partial charge in [0.2, 0.25) is 0 Å². The van der Waals surface area contributed by atoms with Gasteiger partial charge in [-0.15, -0.1) is 0 Å². The highest BCUT2D eigenvalue weighted by molar-refractivity contribution is 5.24. The van der Waals surface area contributed by atoms with Crippen molar-refractivity contribution < 1.29 is 0 Å². The Labute approximate surface area is 102 Å². The molecular formula is C16H28. The third kappa shape index (κ3) is 2.52. The molecule has 0 saturated heterocycles. The van der Waals surface area contributed by atoms with E-state index >= 15 is 0 Å². The molecule has 0 unspecified atom stereocenters. The van der Waals surface area contributed by atoms with Gasteiger partial charge in [0.05, 0.1) is 0 Å². The zero-order chi connectivity index (χ0) is 11.4. The van der Waals surface area contributed by atoms with Crippen LogP contribution in [0.15, 0.2) is 11.1 Å². The Hall–Kier alpha value is -0.260. The molecule has 2 aliphatic rings. The molecule has 0 aromatic rings. The number of hydrogen-bond acceptors (Lipinski definition) is 0. The van der Waals surface area contributed by atoms with Crippen molar-refractivity contribution in [1.29, 1.82) is 0 Å². The van der Waals surface area contributed by atoms with Crippen LogP contribution in [-0.2, 0) is 0 Å². The molecule has 1 saturated carbocycles. The summed E-state index contributed by atoms with van der Waals surface area (Å²) in [6.45, 7) is 4.93. The summed E-state index contributed by atoms with van der Waals surface area (Å²) in [7, 11) is 0. The topological polar surface area (TPSA) is 0 Å². The first-order chi connectivity index (χ1) is 7.76. The Morgan fingerprint density at radius 2 is 1.50 bits per heavy atom. The highest BCUT2D eigenvalue weighted by atomic mass is 14.4. The summed E-state index contributed by atoms with van der Waals surface area (Å²) in [5, 5.41) is 0. The third-order valence-electron chi connectivity index (χ3n) is 4.94. The van der Waals surface area contributed by atoms with Crippen molar-refractivity contribution in [2.75, 3.05) is 0 Å². The van der Waals surface area contributed by atoms with Crippen molar-refractivity contribution in [3.8, 4) is 0 Å². The van der Waals surface area contributed by atoms with E-state index < -0.39 is 0 Å². The quantitative estimate of drug-likeness (QED) is 0.418. The highest BCUT2D eigenvalue weighted by Gasteiger charge is 2.32. The monoisotopic (exact) mass is 220 g/mol. The Kier molecular flexibility index (Phi) is 4.10. The Morgan fingerprint density at radius 1 is 0.875 bits per heavy atom. The largest absolute Gasteiger partial charge is 0.0707 e. The van der Waals surface area contributed by atoms with Gasteiger partial charge in [0, 0.05) is 0 Å². The second kappa shape index (κ2) is 5.38. The van der Waals surface area contributed by atoms with E-state index in [4.69, 9.17) is 0 Å². The Bertz CT molecular complexity index is 251. The molecule has 0 spiro atoms. The van der Waals surface area contributed by atoms with Crippen LogP contribution in [0.5, 0.6) is 0 Å². The molecule has 2 rings (SSSR count). The van der Waals surface area contributed by atoms with Crippen LogP contribution < -0.4 is 0 Å². The lowest BCUT2D eigenvalue weighted by molar-refractivity contribution is 0.318. The normalized spacial score (nSPS) is 26.6. The standard InChI is InChI=1S/C16H28/c1-3-14-10-6-7-11-15(14)16(2)12-8-4-5-9-13-16/h3-13H2,1-2H3. The first-order valence-corrected chi connectivity index (χ1v) is 7.47. The SMILES string of the molecule is CCC1=C(C2(C)CCCCCC2)CCCC1. The molecule has 0 bridgehead atoms. The van der Waals surface area contributed by atoms with Crippen LogP contribution in [0, 0.1) is 5.41 Å². The van der Waals surface area contributed by atoms with E-state index in [1.807, 2.05) is 11.1 Å². The Morgan fingerprint density at radius 3 is 2.12 bits per heavy atom. The van der Waals surface area contributed by atoms with Gasteiger partial charge in [0.1, 0.15) is 0 Å². The van der Waals surface area contributed by atoms with Gasteiger partial charge >= 0.3 is 0 Å². The molecule has 2 aliphatic carbocycles. The van der Waals surface area contributed by atoms with Gasteiger partial charge in [-0.2, -0.15) is 0 Å². The van der Waals surface area contributed by atoms with E-state index in [-0.39, 0.29) is 0 Å². The zero-order valence-electron chi connectivity index (χ0n) is 11.3. The van der Waals surface area contributed by atoms with Gasteiger partial charge < -0.3 is 0 Å². The molecule has 0 aromatic carbocycles. The maximum absolute atomic E-state index is 2.56. The van der Waals surface area contributed by atoms with Crippen LogP contribution in [0.4, 0.5) is 0 Å². The van der Waals surface area contributed by atoms with E-state index in [0.29, 0.717) is 5.41 Å². The molecule has 0 aliphatic heterocycles. The van der Waals surface area contributed by atoms with Crippen LogP contribution in [0.3, 0.4) is 0 Å². The lowest BCUT2D eigenvalue weighted by atomic mass is 9.69. The molecule has 0 radical (unpaired) electrons. The predicted molar refractivity (Wildman–Crippen MR) is 71.6 cm³/mol. The van der Waals surface area contributed by atoms with E-state index in [1.54, 1.807) is 0 Å². The average molecular weight is 220 g/mol. The van der Waals surface area contributed by atoms with Crippen molar-refractivity contribution in [3.63, 3.8) is 0 Å². The fraction of sp³-hybridized carbons (Fsp3) is 0.875. The average Bonchev–Trinajstić information content (AvgIpc) is 2.55. The van der Waals surface area contributed by atoms with Crippen LogP contribution in [0.1, 0.15) is 84.5 Å². The van der Waals surface area contributed by atoms with Gasteiger partial charge in [-0.25, -0.2) is 0 Å². The van der Waals surface area contributed by atoms with Gasteiger partial charge in [0.15, 0.2) is 0 Å². The van der Waals surface area contributed by atoms with Crippen LogP contribution in [0.25, 0.3) is 0 Å². The summed E-state index contributed by atoms with van der Waals surface area (Å²) in [5.74, 6) is 0. The van der Waals surface area contributed by atoms with Gasteiger partial charge in [-0.05, 0) is 50.4 Å². The van der Waals surface area contributed by atoms with Crippen LogP contribution in [-0.4, -0.2) is 0 Å². The van der Waals surface area contributed by atoms with Crippen LogP contribution in [0.2, 0.25) is 0 Å². The molecular weight excluding hydrogens is 192 g/mol. The molecule has 0 N–H and O–H groups in total. The second-order valence-corrected chi connectivity index (χ2v) is 6.12. The highest BCUT2D eigenvalue weighted by Crippen LogP contribution is 2.46. The summed E-state index contributed by atoms with van der Waals surface area (Å²) < 4.78 is 0. The van der Waals surface area contributed by atoms with Gasteiger partial charge in [-0.1, -0.05) is 50.7 Å². The van der Waals surface area contributed by atoms with Crippen LogP contribution >= 0.6 is 0 Å². The molecule has 1 fully saturated rings. The van der Waals surface area contributed by atoms with Gasteiger partial charge in [-0.3, -0.25) is 0 Å². The molecule has 0 heteroatoms. The lowest BCUT2D eigenvalue weighted by Gasteiger charge is -2.36. The second-order valence-electron chi connectivity index (χ2n) is 6.12. The number of allylic oxidation sites excluding steroid dienone is 2. The minimum atomic E-state index is 0.586. The fourth-order valence-electron chi connectivity index (χ4n) is 3.90. The summed E-state index contributed by atoms with van der Waals surface area (Å²) >= 11 is 0. The smallest absolute Gasteiger partial charge is 0.0114 e. The van der Waals surface area contributed by atoms with Crippen molar-refractivity contribution in [1.82, 2.24) is 0 Å². The Balaban J connectivity index is 2.21. The molecule has 16 heavy (non-hydrogen) atoms. The first kappa shape index (κ1) is 12.2. The van der Waals surface area contributed by atoms with Crippen molar-refractivity contribution in [3.05, 3.63) is 11.1 Å². The molecule has 0 aromatic heterocycles. The minimum Gasteiger partial charge on any atom is -0.0707 e. The summed E-state index contributed by atoms with van der Waals surface area (Å²) in [4.78, 5) is 0. The van der Waals surface area contributed by atoms with Crippen molar-refractivity contribution in [2.24, 2.45) is 5.41 Å². The maximum atomic E-state index is 2.56. The zero-order valence-corrected chi connectivity index (χ0v) is 11.3. The third-order valence-corrected chi connectivity index (χ3v) is 4.94. The summed E-state index contributed by atoms with van der Waals surface area (Å²) in [5.41, 5.74) is 4.31. The molecule has 92 valence electrons. The maximum Gasteiger partial charge on any atom is -0.0114 e. The first-order valence-electron chi connectivity index (χ1n) is 7.47. The minimum absolute atomic E-state index is 0.586. The van der Waals surface area contributed by atoms with Crippen molar-refractivity contribution in [2.45, 2.75) is 84.5 Å². The number of hydrogen-bond donors (Lipinski definition) is 0. The summed E-state index contributed by atoms with van der Waals surface area (Å²) in [6, 6.07) is 0. The molecule has 0 amide bonds. The molecule has 0 atom stereocenters.